The van der Waals surface area contributed by atoms with E-state index in [1.165, 1.54) is 16.0 Å². The fourth-order valence-electron chi connectivity index (χ4n) is 1.10. The summed E-state index contributed by atoms with van der Waals surface area (Å²) in [6.07, 6.45) is 3.29. The van der Waals surface area contributed by atoms with Crippen molar-refractivity contribution >= 4 is 17.3 Å². The Kier molecular flexibility index (Phi) is 2.05. The lowest BCUT2D eigenvalue weighted by Crippen LogP contribution is -2.03. The highest BCUT2D eigenvalue weighted by molar-refractivity contribution is 7.14. The number of aryl methyl sites for hydroxylation is 1. The van der Waals surface area contributed by atoms with Gasteiger partial charge in [0.1, 0.15) is 0 Å². The predicted molar refractivity (Wildman–Crippen MR) is 50.9 cm³/mol. The monoisotopic (exact) mass is 209 g/mol. The second kappa shape index (κ2) is 3.22. The number of aromatic nitrogens is 3. The van der Waals surface area contributed by atoms with Gasteiger partial charge in [-0.05, 0) is 13.0 Å². The standard InChI is InChI=1S/C8H7N3O2S/c1-5-10-6(8(12)13)7(14-5)11-4-2-3-9-11/h2-4H,1H3,(H,12,13). The third-order valence-corrected chi connectivity index (χ3v) is 2.59. The van der Waals surface area contributed by atoms with Gasteiger partial charge in [-0.1, -0.05) is 11.3 Å². The van der Waals surface area contributed by atoms with Gasteiger partial charge < -0.3 is 5.11 Å². The Bertz CT molecular complexity index is 461. The molecule has 2 aromatic rings. The molecule has 2 aromatic heterocycles. The van der Waals surface area contributed by atoms with Crippen molar-refractivity contribution in [1.29, 1.82) is 0 Å². The van der Waals surface area contributed by atoms with E-state index in [2.05, 4.69) is 10.1 Å². The summed E-state index contributed by atoms with van der Waals surface area (Å²) in [6, 6.07) is 1.74. The Balaban J connectivity index is 2.58. The number of carboxylic acids is 1. The van der Waals surface area contributed by atoms with Crippen molar-refractivity contribution in [2.24, 2.45) is 0 Å². The Labute approximate surface area is 83.6 Å². The van der Waals surface area contributed by atoms with E-state index in [-0.39, 0.29) is 5.69 Å². The van der Waals surface area contributed by atoms with Crippen LogP contribution in [0.1, 0.15) is 15.5 Å². The summed E-state index contributed by atoms with van der Waals surface area (Å²) in [6.45, 7) is 1.77. The van der Waals surface area contributed by atoms with Crippen molar-refractivity contribution in [1.82, 2.24) is 14.8 Å². The van der Waals surface area contributed by atoms with Crippen LogP contribution in [0.25, 0.3) is 5.00 Å². The highest BCUT2D eigenvalue weighted by atomic mass is 32.1. The van der Waals surface area contributed by atoms with Gasteiger partial charge in [0.15, 0.2) is 10.7 Å². The molecule has 0 saturated carbocycles. The lowest BCUT2D eigenvalue weighted by atomic mass is 10.4. The molecule has 0 aliphatic rings. The molecular formula is C8H7N3O2S. The third kappa shape index (κ3) is 1.39. The third-order valence-electron chi connectivity index (χ3n) is 1.63. The summed E-state index contributed by atoms with van der Waals surface area (Å²) in [5.74, 6) is -1.03. The summed E-state index contributed by atoms with van der Waals surface area (Å²) in [5.41, 5.74) is 0.0520. The average molecular weight is 209 g/mol. The zero-order valence-corrected chi connectivity index (χ0v) is 8.15. The van der Waals surface area contributed by atoms with E-state index in [9.17, 15) is 4.79 Å². The molecule has 0 aromatic carbocycles. The quantitative estimate of drug-likeness (QED) is 0.810. The van der Waals surface area contributed by atoms with Crippen LogP contribution in [0.2, 0.25) is 0 Å². The van der Waals surface area contributed by atoms with Gasteiger partial charge in [0.2, 0.25) is 0 Å². The SMILES string of the molecule is Cc1nc(C(=O)O)c(-n2cccn2)s1. The predicted octanol–water partition coefficient (Wildman–Crippen LogP) is 1.34. The van der Waals surface area contributed by atoms with E-state index >= 15 is 0 Å². The Morgan fingerprint density at radius 1 is 1.64 bits per heavy atom. The van der Waals surface area contributed by atoms with Crippen molar-refractivity contribution in [2.45, 2.75) is 6.92 Å². The number of hydrogen-bond acceptors (Lipinski definition) is 4. The van der Waals surface area contributed by atoms with E-state index in [0.29, 0.717) is 10.0 Å². The first-order chi connectivity index (χ1) is 6.68. The van der Waals surface area contributed by atoms with E-state index in [4.69, 9.17) is 5.11 Å². The molecule has 0 fully saturated rings. The molecule has 6 heteroatoms. The van der Waals surface area contributed by atoms with E-state index in [0.717, 1.165) is 0 Å². The number of rotatable bonds is 2. The van der Waals surface area contributed by atoms with E-state index < -0.39 is 5.97 Å². The van der Waals surface area contributed by atoms with E-state index in [1.807, 2.05) is 0 Å². The van der Waals surface area contributed by atoms with Crippen LogP contribution < -0.4 is 0 Å². The Morgan fingerprint density at radius 3 is 3.00 bits per heavy atom. The second-order valence-corrected chi connectivity index (χ2v) is 3.82. The number of thiazole rings is 1. The Hall–Kier alpha value is -1.69. The maximum atomic E-state index is 10.8. The van der Waals surface area contributed by atoms with Crippen LogP contribution in [0, 0.1) is 6.92 Å². The maximum absolute atomic E-state index is 10.8. The molecular weight excluding hydrogens is 202 g/mol. The molecule has 5 nitrogen and oxygen atoms in total. The van der Waals surface area contributed by atoms with E-state index in [1.54, 1.807) is 25.4 Å². The van der Waals surface area contributed by atoms with Gasteiger partial charge in [-0.3, -0.25) is 0 Å². The molecule has 0 radical (unpaired) electrons. The normalized spacial score (nSPS) is 10.4. The first-order valence-electron chi connectivity index (χ1n) is 3.89. The minimum Gasteiger partial charge on any atom is -0.476 e. The molecule has 14 heavy (non-hydrogen) atoms. The number of aromatic carboxylic acids is 1. The van der Waals surface area contributed by atoms with Gasteiger partial charge in [0.05, 0.1) is 5.01 Å². The lowest BCUT2D eigenvalue weighted by molar-refractivity contribution is 0.0691. The number of carboxylic acid groups (broad SMARTS) is 1. The fourth-order valence-corrected chi connectivity index (χ4v) is 1.95. The molecule has 0 bridgehead atoms. The molecule has 2 rings (SSSR count). The van der Waals surface area contributed by atoms with Gasteiger partial charge >= 0.3 is 5.97 Å². The van der Waals surface area contributed by atoms with Gasteiger partial charge in [0, 0.05) is 12.4 Å². The minimum absolute atomic E-state index is 0.0520. The Morgan fingerprint density at radius 2 is 2.43 bits per heavy atom. The van der Waals surface area contributed by atoms with Crippen molar-refractivity contribution in [3.05, 3.63) is 29.2 Å². The van der Waals surface area contributed by atoms with Crippen LogP contribution in [0.5, 0.6) is 0 Å². The summed E-state index contributed by atoms with van der Waals surface area (Å²) >= 11 is 1.31. The van der Waals surface area contributed by atoms with Crippen LogP contribution >= 0.6 is 11.3 Å². The summed E-state index contributed by atoms with van der Waals surface area (Å²) in [5, 5.41) is 14.1. The van der Waals surface area contributed by atoms with Crippen LogP contribution in [0.15, 0.2) is 18.5 Å². The molecule has 2 heterocycles. The van der Waals surface area contributed by atoms with Crippen molar-refractivity contribution in [3.63, 3.8) is 0 Å². The largest absolute Gasteiger partial charge is 0.476 e. The molecule has 0 saturated heterocycles. The molecule has 0 aliphatic carbocycles. The molecule has 0 aliphatic heterocycles. The van der Waals surface area contributed by atoms with Gasteiger partial charge in [0.25, 0.3) is 0 Å². The van der Waals surface area contributed by atoms with Crippen LogP contribution in [-0.4, -0.2) is 25.8 Å². The molecule has 0 spiro atoms. The smallest absolute Gasteiger partial charge is 0.357 e. The summed E-state index contributed by atoms with van der Waals surface area (Å²) in [4.78, 5) is 14.8. The van der Waals surface area contributed by atoms with Crippen LogP contribution in [0.4, 0.5) is 0 Å². The summed E-state index contributed by atoms with van der Waals surface area (Å²) in [7, 11) is 0. The van der Waals surface area contributed by atoms with Crippen LogP contribution in [0.3, 0.4) is 0 Å². The molecule has 72 valence electrons. The molecule has 0 atom stereocenters. The zero-order valence-electron chi connectivity index (χ0n) is 7.34. The number of carbonyl (C=O) groups is 1. The summed E-state index contributed by atoms with van der Waals surface area (Å²) < 4.78 is 1.51. The maximum Gasteiger partial charge on any atom is 0.357 e. The average Bonchev–Trinajstić information content (AvgIpc) is 2.70. The second-order valence-electron chi connectivity index (χ2n) is 2.64. The van der Waals surface area contributed by atoms with Crippen molar-refractivity contribution in [2.75, 3.05) is 0 Å². The zero-order chi connectivity index (χ0) is 10.1. The first-order valence-corrected chi connectivity index (χ1v) is 4.71. The fraction of sp³-hybridized carbons (Fsp3) is 0.125. The van der Waals surface area contributed by atoms with Crippen molar-refractivity contribution in [3.8, 4) is 5.00 Å². The molecule has 0 unspecified atom stereocenters. The first kappa shape index (κ1) is 8.89. The molecule has 1 N–H and O–H groups in total. The molecule has 0 amide bonds. The van der Waals surface area contributed by atoms with Crippen LogP contribution in [-0.2, 0) is 0 Å². The van der Waals surface area contributed by atoms with Gasteiger partial charge in [-0.25, -0.2) is 14.5 Å². The number of hydrogen-bond donors (Lipinski definition) is 1. The topological polar surface area (TPSA) is 68.0 Å². The highest BCUT2D eigenvalue weighted by Crippen LogP contribution is 2.21. The highest BCUT2D eigenvalue weighted by Gasteiger charge is 2.17. The lowest BCUT2D eigenvalue weighted by Gasteiger charge is -1.96. The van der Waals surface area contributed by atoms with Gasteiger partial charge in [-0.2, -0.15) is 5.10 Å². The van der Waals surface area contributed by atoms with Crippen molar-refractivity contribution < 1.29 is 9.90 Å². The number of nitrogens with zero attached hydrogens (tertiary/aromatic N) is 3. The van der Waals surface area contributed by atoms with Gasteiger partial charge in [-0.15, -0.1) is 0 Å². The minimum atomic E-state index is -1.03.